The maximum Gasteiger partial charge on any atom is 0.258 e. The van der Waals surface area contributed by atoms with Gasteiger partial charge in [0.2, 0.25) is 17.7 Å². The summed E-state index contributed by atoms with van der Waals surface area (Å²) in [5.41, 5.74) is 6.90. The van der Waals surface area contributed by atoms with Crippen LogP contribution >= 0.6 is 0 Å². The Morgan fingerprint density at radius 2 is 1.67 bits per heavy atom. The molecule has 10 nitrogen and oxygen atoms in total. The molecule has 232 valence electrons. The predicted molar refractivity (Wildman–Crippen MR) is 160 cm³/mol. The largest absolute Gasteiger partial charge is 0.381 e. The number of ether oxygens (including phenoxy) is 1. The number of nitrogens with zero attached hydrogens (tertiary/aromatic N) is 2. The number of hydrogen-bond acceptors (Lipinski definition) is 6. The average molecular weight is 584 g/mol. The molecule has 3 aliphatic rings. The van der Waals surface area contributed by atoms with Crippen LogP contribution in [0.2, 0.25) is 0 Å². The molecule has 4 bridgehead atoms. The fourth-order valence-corrected chi connectivity index (χ4v) is 6.54. The molecular formula is C32H49N5O5. The molecule has 4 rings (SSSR count). The predicted octanol–water partition coefficient (Wildman–Crippen LogP) is 2.65. The molecule has 1 aliphatic carbocycles. The molecule has 3 N–H and O–H groups in total. The van der Waals surface area contributed by atoms with Gasteiger partial charge in [0.1, 0.15) is 18.1 Å². The van der Waals surface area contributed by atoms with E-state index in [9.17, 15) is 19.2 Å². The first-order valence-electron chi connectivity index (χ1n) is 15.6. The molecule has 2 heterocycles. The van der Waals surface area contributed by atoms with Gasteiger partial charge in [-0.15, -0.1) is 0 Å². The molecule has 0 unspecified atom stereocenters. The summed E-state index contributed by atoms with van der Waals surface area (Å²) in [6.07, 6.45) is 6.34. The molecule has 4 amide bonds. The summed E-state index contributed by atoms with van der Waals surface area (Å²) in [5.74, 6) is -1.63. The SMILES string of the molecule is CO[C@@H]1CCCCc2ccc3c(c2)[C@@H](CC3)N(C)C(=O)[C@@H]2CCCN(N2)C(=O)[C@H](C)NC(=O)[C@H](C(C)C)NC(=O)[C@@H]1C. The third-order valence-corrected chi connectivity index (χ3v) is 9.28. The molecule has 1 saturated heterocycles. The summed E-state index contributed by atoms with van der Waals surface area (Å²) in [7, 11) is 3.49. The molecule has 6 atom stereocenters. The first-order chi connectivity index (χ1) is 20.0. The van der Waals surface area contributed by atoms with E-state index in [1.54, 1.807) is 14.0 Å². The fourth-order valence-electron chi connectivity index (χ4n) is 6.54. The van der Waals surface area contributed by atoms with Crippen LogP contribution in [0.25, 0.3) is 0 Å². The third kappa shape index (κ3) is 7.14. The molecule has 0 saturated carbocycles. The second kappa shape index (κ2) is 14.0. The topological polar surface area (TPSA) is 120 Å². The number of nitrogens with one attached hydrogen (secondary N) is 3. The Labute approximate surface area is 250 Å². The molecule has 10 heteroatoms. The Morgan fingerprint density at radius 1 is 0.905 bits per heavy atom. The zero-order chi connectivity index (χ0) is 30.6. The number of carbonyl (C=O) groups excluding carboxylic acids is 4. The lowest BCUT2D eigenvalue weighted by atomic mass is 9.95. The maximum absolute atomic E-state index is 13.7. The van der Waals surface area contributed by atoms with Gasteiger partial charge in [0.15, 0.2) is 0 Å². The summed E-state index contributed by atoms with van der Waals surface area (Å²) >= 11 is 0. The molecule has 1 fully saturated rings. The van der Waals surface area contributed by atoms with E-state index in [4.69, 9.17) is 4.74 Å². The first-order valence-corrected chi connectivity index (χ1v) is 15.6. The van der Waals surface area contributed by atoms with Crippen molar-refractivity contribution in [2.45, 2.75) is 109 Å². The number of carbonyl (C=O) groups is 4. The second-order valence-corrected chi connectivity index (χ2v) is 12.6. The van der Waals surface area contributed by atoms with E-state index in [0.29, 0.717) is 19.4 Å². The van der Waals surface area contributed by atoms with Gasteiger partial charge in [-0.1, -0.05) is 45.4 Å². The number of amides is 4. The van der Waals surface area contributed by atoms with Crippen molar-refractivity contribution in [2.24, 2.45) is 11.8 Å². The van der Waals surface area contributed by atoms with E-state index in [1.807, 2.05) is 32.7 Å². The number of methoxy groups -OCH3 is 1. The number of aryl methyl sites for hydroxylation is 2. The molecule has 0 aromatic heterocycles. The third-order valence-electron chi connectivity index (χ3n) is 9.28. The highest BCUT2D eigenvalue weighted by atomic mass is 16.5. The molecule has 0 radical (unpaired) electrons. The van der Waals surface area contributed by atoms with Gasteiger partial charge >= 0.3 is 0 Å². The number of likely N-dealkylation sites (N-methyl/N-ethyl adjacent to an activating group) is 1. The van der Waals surface area contributed by atoms with E-state index in [0.717, 1.165) is 38.5 Å². The van der Waals surface area contributed by atoms with Crippen molar-refractivity contribution in [2.75, 3.05) is 20.7 Å². The second-order valence-electron chi connectivity index (χ2n) is 12.6. The lowest BCUT2D eigenvalue weighted by Gasteiger charge is -2.37. The van der Waals surface area contributed by atoms with Crippen LogP contribution in [0.15, 0.2) is 18.2 Å². The van der Waals surface area contributed by atoms with Gasteiger partial charge in [-0.05, 0) is 74.5 Å². The first kappa shape index (κ1) is 31.9. The van der Waals surface area contributed by atoms with Crippen molar-refractivity contribution in [1.82, 2.24) is 26.0 Å². The molecule has 1 aromatic rings. The van der Waals surface area contributed by atoms with Crippen molar-refractivity contribution in [3.63, 3.8) is 0 Å². The van der Waals surface area contributed by atoms with Crippen LogP contribution in [0.1, 0.15) is 89.0 Å². The zero-order valence-corrected chi connectivity index (χ0v) is 26.1. The number of rotatable bonds is 2. The molecule has 1 aromatic carbocycles. The molecule has 2 aliphatic heterocycles. The summed E-state index contributed by atoms with van der Waals surface area (Å²) in [6, 6.07) is 4.50. The van der Waals surface area contributed by atoms with Gasteiger partial charge in [-0.2, -0.15) is 0 Å². The van der Waals surface area contributed by atoms with Crippen molar-refractivity contribution >= 4 is 23.6 Å². The number of fused-ring (bicyclic) bond motifs is 3. The highest BCUT2D eigenvalue weighted by Gasteiger charge is 2.37. The Morgan fingerprint density at radius 3 is 2.38 bits per heavy atom. The smallest absolute Gasteiger partial charge is 0.258 e. The number of benzene rings is 1. The van der Waals surface area contributed by atoms with Gasteiger partial charge in [0.05, 0.1) is 18.1 Å². The highest BCUT2D eigenvalue weighted by Crippen LogP contribution is 2.36. The highest BCUT2D eigenvalue weighted by molar-refractivity contribution is 5.92. The van der Waals surface area contributed by atoms with Crippen LogP contribution in [-0.2, 0) is 36.8 Å². The van der Waals surface area contributed by atoms with E-state index < -0.39 is 30.0 Å². The van der Waals surface area contributed by atoms with Gasteiger partial charge in [0.25, 0.3) is 5.91 Å². The minimum atomic E-state index is -0.836. The fraction of sp³-hybridized carbons (Fsp3) is 0.688. The minimum Gasteiger partial charge on any atom is -0.381 e. The Balaban J connectivity index is 1.59. The van der Waals surface area contributed by atoms with Crippen LogP contribution in [0.4, 0.5) is 0 Å². The van der Waals surface area contributed by atoms with Gasteiger partial charge < -0.3 is 20.3 Å². The summed E-state index contributed by atoms with van der Waals surface area (Å²) in [4.78, 5) is 55.4. The van der Waals surface area contributed by atoms with Crippen LogP contribution in [0.3, 0.4) is 0 Å². The Hall–Kier alpha value is -2.98. The number of hydrogen-bond donors (Lipinski definition) is 3. The summed E-state index contributed by atoms with van der Waals surface area (Å²) < 4.78 is 5.71. The standard InChI is InChI=1S/C32H49N5O5/c1-19(2)28-30(39)33-21(4)31(40)37-17-9-11-25(35-37)32(41)36(5)26-16-15-23-14-13-22(18-24(23)26)10-7-8-12-27(42-6)20(3)29(38)34-28/h13-14,18-21,25-28,35H,7-12,15-17H2,1-6H3,(H,33,39)(H,34,38)/t20-,21+,25+,26-,27-,28+/m1/s1. The zero-order valence-electron chi connectivity index (χ0n) is 26.1. The van der Waals surface area contributed by atoms with Gasteiger partial charge in [0, 0.05) is 20.7 Å². The molecular weight excluding hydrogens is 534 g/mol. The normalized spacial score (nSPS) is 30.5. The van der Waals surface area contributed by atoms with E-state index >= 15 is 0 Å². The lowest BCUT2D eigenvalue weighted by Crippen LogP contribution is -2.62. The summed E-state index contributed by atoms with van der Waals surface area (Å²) in [5, 5.41) is 7.17. The average Bonchev–Trinajstić information content (AvgIpc) is 3.41. The van der Waals surface area contributed by atoms with Crippen LogP contribution in [-0.4, -0.2) is 78.5 Å². The Bertz CT molecular complexity index is 1160. The molecule has 42 heavy (non-hydrogen) atoms. The lowest BCUT2D eigenvalue weighted by molar-refractivity contribution is -0.146. The Kier molecular flexibility index (Phi) is 10.6. The van der Waals surface area contributed by atoms with E-state index in [-0.39, 0.29) is 35.8 Å². The van der Waals surface area contributed by atoms with Crippen LogP contribution < -0.4 is 16.1 Å². The minimum absolute atomic E-state index is 0.00148. The van der Waals surface area contributed by atoms with Crippen LogP contribution in [0.5, 0.6) is 0 Å². The van der Waals surface area contributed by atoms with Crippen molar-refractivity contribution < 1.29 is 23.9 Å². The molecule has 0 spiro atoms. The van der Waals surface area contributed by atoms with Gasteiger partial charge in [-0.3, -0.25) is 24.2 Å². The van der Waals surface area contributed by atoms with E-state index in [1.165, 1.54) is 21.7 Å². The van der Waals surface area contributed by atoms with Gasteiger partial charge in [-0.25, -0.2) is 5.43 Å². The maximum atomic E-state index is 13.7. The van der Waals surface area contributed by atoms with Crippen molar-refractivity contribution in [3.8, 4) is 0 Å². The van der Waals surface area contributed by atoms with E-state index in [2.05, 4.69) is 34.3 Å². The van der Waals surface area contributed by atoms with Crippen molar-refractivity contribution in [1.29, 1.82) is 0 Å². The quantitative estimate of drug-likeness (QED) is 0.493. The monoisotopic (exact) mass is 583 g/mol. The number of hydrazine groups is 1. The van der Waals surface area contributed by atoms with Crippen LogP contribution in [0, 0.1) is 11.8 Å². The summed E-state index contributed by atoms with van der Waals surface area (Å²) in [6.45, 7) is 7.64. The van der Waals surface area contributed by atoms with Crippen molar-refractivity contribution in [3.05, 3.63) is 34.9 Å².